The Morgan fingerprint density at radius 3 is 2.62 bits per heavy atom. The van der Waals surface area contributed by atoms with Crippen LogP contribution in [0.2, 0.25) is 0 Å². The van der Waals surface area contributed by atoms with E-state index in [9.17, 15) is 5.11 Å². The van der Waals surface area contributed by atoms with Crippen LogP contribution in [-0.2, 0) is 0 Å². The van der Waals surface area contributed by atoms with Gasteiger partial charge in [0, 0.05) is 25.3 Å². The van der Waals surface area contributed by atoms with Crippen molar-refractivity contribution in [1.82, 2.24) is 4.90 Å². The van der Waals surface area contributed by atoms with Crippen molar-refractivity contribution in [2.24, 2.45) is 10.7 Å². The molecule has 4 nitrogen and oxygen atoms in total. The Balaban J connectivity index is 1.65. The number of hydrogen-bond acceptors (Lipinski definition) is 4. The van der Waals surface area contributed by atoms with E-state index in [4.69, 9.17) is 5.73 Å². The molecule has 3 rings (SSSR count). The van der Waals surface area contributed by atoms with E-state index in [1.807, 2.05) is 12.1 Å². The molecule has 0 saturated heterocycles. The molecule has 24 heavy (non-hydrogen) atoms. The van der Waals surface area contributed by atoms with Crippen molar-refractivity contribution in [2.45, 2.75) is 18.9 Å². The van der Waals surface area contributed by atoms with Gasteiger partial charge in [0.1, 0.15) is 5.75 Å². The van der Waals surface area contributed by atoms with Gasteiger partial charge in [-0.25, -0.2) is 0 Å². The molecule has 0 fully saturated rings. The summed E-state index contributed by atoms with van der Waals surface area (Å²) in [7, 11) is 0. The van der Waals surface area contributed by atoms with E-state index >= 15 is 0 Å². The van der Waals surface area contributed by atoms with E-state index in [-0.39, 0.29) is 11.8 Å². The Morgan fingerprint density at radius 1 is 1.12 bits per heavy atom. The van der Waals surface area contributed by atoms with E-state index in [0.29, 0.717) is 5.92 Å². The molecule has 1 aliphatic rings. The van der Waals surface area contributed by atoms with Crippen LogP contribution >= 0.6 is 0 Å². The minimum absolute atomic E-state index is 0.244. The number of aromatic hydroxyl groups is 1. The lowest BCUT2D eigenvalue weighted by Crippen LogP contribution is -2.42. The predicted octanol–water partition coefficient (Wildman–Crippen LogP) is 2.95. The summed E-state index contributed by atoms with van der Waals surface area (Å²) < 4.78 is 0. The van der Waals surface area contributed by atoms with Crippen LogP contribution in [0.4, 0.5) is 0 Å². The molecule has 2 atom stereocenters. The zero-order chi connectivity index (χ0) is 16.9. The largest absolute Gasteiger partial charge is 0.508 e. The number of rotatable bonds is 5. The van der Waals surface area contributed by atoms with Gasteiger partial charge in [-0.15, -0.1) is 0 Å². The van der Waals surface area contributed by atoms with Crippen molar-refractivity contribution >= 4 is 5.71 Å². The van der Waals surface area contributed by atoms with Gasteiger partial charge in [-0.2, -0.15) is 0 Å². The average Bonchev–Trinajstić information content (AvgIpc) is 2.62. The molecular formula is C20H25N3O. The van der Waals surface area contributed by atoms with Crippen molar-refractivity contribution in [2.75, 3.05) is 26.2 Å². The third-order valence-electron chi connectivity index (χ3n) is 4.61. The Kier molecular flexibility index (Phi) is 5.28. The number of phenols is 1. The minimum Gasteiger partial charge on any atom is -0.508 e. The van der Waals surface area contributed by atoms with Gasteiger partial charge in [0.25, 0.3) is 0 Å². The standard InChI is InChI=1S/C20H25N3O/c1-15(16-6-3-2-4-7-16)13-23-11-10-22-19(14-23)20(21)17-8-5-9-18(24)12-17/h2-9,12,15,20,24H,10-11,13-14,21H2,1H3. The normalized spacial score (nSPS) is 18.0. The van der Waals surface area contributed by atoms with Gasteiger partial charge in [0.2, 0.25) is 0 Å². The predicted molar refractivity (Wildman–Crippen MR) is 98.6 cm³/mol. The Morgan fingerprint density at radius 2 is 1.88 bits per heavy atom. The summed E-state index contributed by atoms with van der Waals surface area (Å²) in [5.41, 5.74) is 9.64. The molecule has 0 bridgehead atoms. The molecule has 0 radical (unpaired) electrons. The number of phenolic OH excluding ortho intramolecular Hbond substituents is 1. The topological polar surface area (TPSA) is 61.8 Å². The zero-order valence-electron chi connectivity index (χ0n) is 14.1. The SMILES string of the molecule is CC(CN1CCN=C(C(N)c2cccc(O)c2)C1)c1ccccc1. The van der Waals surface area contributed by atoms with Crippen molar-refractivity contribution in [3.63, 3.8) is 0 Å². The van der Waals surface area contributed by atoms with E-state index in [0.717, 1.165) is 37.5 Å². The molecule has 0 amide bonds. The fraction of sp³-hybridized carbons (Fsp3) is 0.350. The first-order valence-corrected chi connectivity index (χ1v) is 8.48. The highest BCUT2D eigenvalue weighted by atomic mass is 16.3. The molecule has 0 aromatic heterocycles. The summed E-state index contributed by atoms with van der Waals surface area (Å²) in [4.78, 5) is 7.05. The molecule has 1 aliphatic heterocycles. The van der Waals surface area contributed by atoms with Crippen LogP contribution in [0.5, 0.6) is 5.75 Å². The second-order valence-corrected chi connectivity index (χ2v) is 6.49. The maximum atomic E-state index is 9.65. The van der Waals surface area contributed by atoms with Crippen molar-refractivity contribution < 1.29 is 5.11 Å². The van der Waals surface area contributed by atoms with Crippen molar-refractivity contribution in [3.05, 3.63) is 65.7 Å². The number of hydrogen-bond donors (Lipinski definition) is 2. The lowest BCUT2D eigenvalue weighted by atomic mass is 9.98. The first kappa shape index (κ1) is 16.7. The highest BCUT2D eigenvalue weighted by Crippen LogP contribution is 2.21. The van der Waals surface area contributed by atoms with Gasteiger partial charge >= 0.3 is 0 Å². The second-order valence-electron chi connectivity index (χ2n) is 6.49. The lowest BCUT2D eigenvalue weighted by molar-refractivity contribution is 0.291. The van der Waals surface area contributed by atoms with E-state index in [1.165, 1.54) is 5.56 Å². The first-order chi connectivity index (χ1) is 11.6. The molecule has 2 aromatic carbocycles. The smallest absolute Gasteiger partial charge is 0.115 e. The Bertz CT molecular complexity index is 699. The van der Waals surface area contributed by atoms with Crippen LogP contribution in [0.25, 0.3) is 0 Å². The Hall–Kier alpha value is -2.17. The van der Waals surface area contributed by atoms with Crippen molar-refractivity contribution in [3.8, 4) is 5.75 Å². The third kappa shape index (κ3) is 4.02. The summed E-state index contributed by atoms with van der Waals surface area (Å²) in [6, 6.07) is 17.5. The third-order valence-corrected chi connectivity index (χ3v) is 4.61. The highest BCUT2D eigenvalue weighted by Gasteiger charge is 2.22. The van der Waals surface area contributed by atoms with Gasteiger partial charge in [0.05, 0.1) is 12.6 Å². The number of nitrogens with two attached hydrogens (primary N) is 1. The van der Waals surface area contributed by atoms with Crippen LogP contribution in [-0.4, -0.2) is 41.9 Å². The van der Waals surface area contributed by atoms with Gasteiger partial charge in [-0.1, -0.05) is 49.4 Å². The molecule has 2 unspecified atom stereocenters. The van der Waals surface area contributed by atoms with E-state index < -0.39 is 0 Å². The minimum atomic E-state index is -0.257. The van der Waals surface area contributed by atoms with E-state index in [1.54, 1.807) is 12.1 Å². The van der Waals surface area contributed by atoms with E-state index in [2.05, 4.69) is 47.1 Å². The summed E-state index contributed by atoms with van der Waals surface area (Å²) in [6.07, 6.45) is 0. The molecule has 4 heteroatoms. The van der Waals surface area contributed by atoms with Crippen LogP contribution in [0.15, 0.2) is 59.6 Å². The monoisotopic (exact) mass is 323 g/mol. The van der Waals surface area contributed by atoms with Crippen LogP contribution in [0.1, 0.15) is 30.0 Å². The number of benzene rings is 2. The fourth-order valence-corrected chi connectivity index (χ4v) is 3.23. The summed E-state index contributed by atoms with van der Waals surface area (Å²) in [5, 5.41) is 9.65. The zero-order valence-corrected chi connectivity index (χ0v) is 14.1. The summed E-state index contributed by atoms with van der Waals surface area (Å²) in [6.45, 7) is 5.79. The van der Waals surface area contributed by atoms with Crippen LogP contribution in [0, 0.1) is 0 Å². The van der Waals surface area contributed by atoms with Gasteiger partial charge < -0.3 is 10.8 Å². The molecule has 1 heterocycles. The highest BCUT2D eigenvalue weighted by molar-refractivity contribution is 5.92. The van der Waals surface area contributed by atoms with Gasteiger partial charge in [-0.05, 0) is 29.2 Å². The fourth-order valence-electron chi connectivity index (χ4n) is 3.23. The molecule has 0 spiro atoms. The molecule has 126 valence electrons. The maximum absolute atomic E-state index is 9.65. The quantitative estimate of drug-likeness (QED) is 0.889. The lowest BCUT2D eigenvalue weighted by Gasteiger charge is -2.31. The maximum Gasteiger partial charge on any atom is 0.115 e. The molecule has 3 N–H and O–H groups in total. The summed E-state index contributed by atoms with van der Waals surface area (Å²) >= 11 is 0. The first-order valence-electron chi connectivity index (χ1n) is 8.48. The van der Waals surface area contributed by atoms with Crippen molar-refractivity contribution in [1.29, 1.82) is 0 Å². The number of nitrogens with zero attached hydrogens (tertiary/aromatic N) is 2. The molecular weight excluding hydrogens is 298 g/mol. The molecule has 2 aromatic rings. The molecule has 0 aliphatic carbocycles. The second kappa shape index (κ2) is 7.60. The van der Waals surface area contributed by atoms with Crippen LogP contribution < -0.4 is 5.73 Å². The Labute approximate surface area is 143 Å². The average molecular weight is 323 g/mol. The molecule has 0 saturated carbocycles. The van der Waals surface area contributed by atoms with Gasteiger partial charge in [0.15, 0.2) is 0 Å². The summed E-state index contributed by atoms with van der Waals surface area (Å²) in [5.74, 6) is 0.719. The van der Waals surface area contributed by atoms with Crippen LogP contribution in [0.3, 0.4) is 0 Å². The van der Waals surface area contributed by atoms with Gasteiger partial charge in [-0.3, -0.25) is 9.89 Å². The number of aliphatic imine (C=N–C) groups is 1.